The summed E-state index contributed by atoms with van der Waals surface area (Å²) in [5.41, 5.74) is -1.83. The smallest absolute Gasteiger partial charge is 0.292 e. The number of hydrogen-bond acceptors (Lipinski definition) is 5. The van der Waals surface area contributed by atoms with Crippen LogP contribution in [-0.2, 0) is 10.0 Å². The lowest BCUT2D eigenvalue weighted by atomic mass is 10.0. The van der Waals surface area contributed by atoms with Crippen molar-refractivity contribution >= 4 is 15.7 Å². The third kappa shape index (κ3) is 3.95. The summed E-state index contributed by atoms with van der Waals surface area (Å²) in [6, 6.07) is 2.22. The molecular formula is C11H15FN2O5S. The third-order valence-electron chi connectivity index (χ3n) is 2.55. The Labute approximate surface area is 115 Å². The molecule has 0 radical (unpaired) electrons. The molecule has 0 amide bonds. The number of nitrogens with zero attached hydrogens (tertiary/aromatic N) is 1. The summed E-state index contributed by atoms with van der Waals surface area (Å²) in [7, 11) is -4.20. The van der Waals surface area contributed by atoms with Crippen LogP contribution in [-0.4, -0.2) is 30.6 Å². The predicted molar refractivity (Wildman–Crippen MR) is 69.2 cm³/mol. The van der Waals surface area contributed by atoms with Crippen LogP contribution in [0.5, 0.6) is 0 Å². The van der Waals surface area contributed by atoms with E-state index in [0.717, 1.165) is 12.1 Å². The average molecular weight is 306 g/mol. The van der Waals surface area contributed by atoms with Gasteiger partial charge in [-0.2, -0.15) is 0 Å². The van der Waals surface area contributed by atoms with E-state index in [9.17, 15) is 22.9 Å². The monoisotopic (exact) mass is 306 g/mol. The molecule has 0 saturated heterocycles. The van der Waals surface area contributed by atoms with Gasteiger partial charge in [-0.25, -0.2) is 17.5 Å². The Morgan fingerprint density at radius 3 is 2.55 bits per heavy atom. The molecule has 0 bridgehead atoms. The zero-order valence-electron chi connectivity index (χ0n) is 11.0. The Morgan fingerprint density at radius 2 is 2.05 bits per heavy atom. The molecule has 0 aliphatic heterocycles. The lowest BCUT2D eigenvalue weighted by molar-refractivity contribution is -0.388. The average Bonchev–Trinajstić information content (AvgIpc) is 2.26. The molecule has 1 aromatic rings. The van der Waals surface area contributed by atoms with Gasteiger partial charge in [-0.3, -0.25) is 10.1 Å². The largest absolute Gasteiger partial charge is 0.396 e. The van der Waals surface area contributed by atoms with E-state index in [1.807, 2.05) is 0 Å². The van der Waals surface area contributed by atoms with Crippen LogP contribution in [0.15, 0.2) is 23.1 Å². The number of benzene rings is 1. The van der Waals surface area contributed by atoms with Crippen molar-refractivity contribution in [2.24, 2.45) is 0 Å². The number of hydrogen-bond donors (Lipinski definition) is 2. The number of aliphatic hydroxyl groups excluding tert-OH is 1. The molecule has 0 aromatic heterocycles. The van der Waals surface area contributed by atoms with Gasteiger partial charge in [-0.05, 0) is 32.4 Å². The van der Waals surface area contributed by atoms with E-state index in [1.54, 1.807) is 0 Å². The van der Waals surface area contributed by atoms with Crippen LogP contribution in [0.25, 0.3) is 0 Å². The fourth-order valence-electron chi connectivity index (χ4n) is 1.61. The van der Waals surface area contributed by atoms with E-state index >= 15 is 0 Å². The van der Waals surface area contributed by atoms with Crippen molar-refractivity contribution in [3.63, 3.8) is 0 Å². The molecule has 0 atom stereocenters. The molecule has 7 nitrogen and oxygen atoms in total. The second-order valence-corrected chi connectivity index (χ2v) is 6.48. The first-order chi connectivity index (χ1) is 9.09. The van der Waals surface area contributed by atoms with Crippen LogP contribution in [0.4, 0.5) is 10.1 Å². The number of nitro benzene ring substituents is 1. The van der Waals surface area contributed by atoms with Gasteiger partial charge >= 0.3 is 0 Å². The van der Waals surface area contributed by atoms with Crippen LogP contribution in [0.2, 0.25) is 0 Å². The molecule has 1 aromatic carbocycles. The summed E-state index contributed by atoms with van der Waals surface area (Å²) < 4.78 is 39.5. The lowest BCUT2D eigenvalue weighted by Crippen LogP contribution is -2.44. The maximum atomic E-state index is 13.0. The van der Waals surface area contributed by atoms with Crippen molar-refractivity contribution in [3.05, 3.63) is 34.1 Å². The first-order valence-electron chi connectivity index (χ1n) is 5.68. The molecule has 0 aliphatic carbocycles. The van der Waals surface area contributed by atoms with Gasteiger partial charge in [0, 0.05) is 12.1 Å². The van der Waals surface area contributed by atoms with Crippen LogP contribution < -0.4 is 4.72 Å². The van der Waals surface area contributed by atoms with Crippen molar-refractivity contribution < 1.29 is 22.8 Å². The quantitative estimate of drug-likeness (QED) is 0.605. The SMILES string of the molecule is CC(C)(CCO)NS(=O)(=O)c1ccc(F)cc1[N+](=O)[O-]. The van der Waals surface area contributed by atoms with Crippen molar-refractivity contribution in [2.45, 2.75) is 30.7 Å². The summed E-state index contributed by atoms with van der Waals surface area (Å²) in [6.07, 6.45) is 0.126. The first-order valence-corrected chi connectivity index (χ1v) is 7.16. The Balaban J connectivity index is 3.26. The van der Waals surface area contributed by atoms with Gasteiger partial charge < -0.3 is 5.11 Å². The number of halogens is 1. The van der Waals surface area contributed by atoms with E-state index in [1.165, 1.54) is 13.8 Å². The highest BCUT2D eigenvalue weighted by atomic mass is 32.2. The summed E-state index contributed by atoms with van der Waals surface area (Å²) in [5, 5.41) is 19.7. The van der Waals surface area contributed by atoms with Crippen molar-refractivity contribution in [2.75, 3.05) is 6.61 Å². The molecule has 9 heteroatoms. The van der Waals surface area contributed by atoms with E-state index in [-0.39, 0.29) is 13.0 Å². The third-order valence-corrected chi connectivity index (χ3v) is 4.30. The highest BCUT2D eigenvalue weighted by Crippen LogP contribution is 2.26. The standard InChI is InChI=1S/C11H15FN2O5S/c1-11(2,5-6-15)13-20(18,19)10-4-3-8(12)7-9(10)14(16)17/h3-4,7,13,15H,5-6H2,1-2H3. The van der Waals surface area contributed by atoms with Crippen LogP contribution in [0, 0.1) is 15.9 Å². The highest BCUT2D eigenvalue weighted by molar-refractivity contribution is 7.89. The van der Waals surface area contributed by atoms with Crippen molar-refractivity contribution in [1.82, 2.24) is 4.72 Å². The highest BCUT2D eigenvalue weighted by Gasteiger charge is 2.31. The second kappa shape index (κ2) is 5.81. The summed E-state index contributed by atoms with van der Waals surface area (Å²) in [4.78, 5) is 9.24. The maximum absolute atomic E-state index is 13.0. The summed E-state index contributed by atoms with van der Waals surface area (Å²) in [5.74, 6) is -0.898. The fraction of sp³-hybridized carbons (Fsp3) is 0.455. The summed E-state index contributed by atoms with van der Waals surface area (Å²) in [6.45, 7) is 2.80. The van der Waals surface area contributed by atoms with Gasteiger partial charge in [-0.1, -0.05) is 0 Å². The molecule has 0 aliphatic rings. The minimum Gasteiger partial charge on any atom is -0.396 e. The van der Waals surface area contributed by atoms with Gasteiger partial charge in [-0.15, -0.1) is 0 Å². The molecule has 0 fully saturated rings. The number of aliphatic hydroxyl groups is 1. The normalized spacial score (nSPS) is 12.4. The van der Waals surface area contributed by atoms with Crippen molar-refractivity contribution in [3.8, 4) is 0 Å². The molecule has 0 spiro atoms. The molecular weight excluding hydrogens is 291 g/mol. The van der Waals surface area contributed by atoms with E-state index in [0.29, 0.717) is 6.07 Å². The summed E-state index contributed by atoms with van der Waals surface area (Å²) >= 11 is 0. The minimum absolute atomic E-state index is 0.126. The molecule has 0 unspecified atom stereocenters. The fourth-order valence-corrected chi connectivity index (χ4v) is 3.21. The molecule has 0 heterocycles. The molecule has 20 heavy (non-hydrogen) atoms. The molecule has 112 valence electrons. The van der Waals surface area contributed by atoms with Crippen LogP contribution in [0.1, 0.15) is 20.3 Å². The minimum atomic E-state index is -4.20. The zero-order valence-corrected chi connectivity index (χ0v) is 11.8. The predicted octanol–water partition coefficient (Wildman–Crippen LogP) is 1.17. The topological polar surface area (TPSA) is 110 Å². The number of sulfonamides is 1. The van der Waals surface area contributed by atoms with Crippen LogP contribution in [0.3, 0.4) is 0 Å². The van der Waals surface area contributed by atoms with E-state index < -0.39 is 36.9 Å². The van der Waals surface area contributed by atoms with Crippen molar-refractivity contribution in [1.29, 1.82) is 0 Å². The Bertz CT molecular complexity index is 615. The second-order valence-electron chi connectivity index (χ2n) is 4.83. The molecule has 0 saturated carbocycles. The van der Waals surface area contributed by atoms with Crippen LogP contribution >= 0.6 is 0 Å². The van der Waals surface area contributed by atoms with Gasteiger partial charge in [0.1, 0.15) is 5.82 Å². The van der Waals surface area contributed by atoms with Gasteiger partial charge in [0.05, 0.1) is 11.0 Å². The van der Waals surface area contributed by atoms with Gasteiger partial charge in [0.15, 0.2) is 4.90 Å². The number of rotatable bonds is 6. The lowest BCUT2D eigenvalue weighted by Gasteiger charge is -2.24. The molecule has 2 N–H and O–H groups in total. The number of nitro groups is 1. The Kier molecular flexibility index (Phi) is 4.79. The molecule has 1 rings (SSSR count). The zero-order chi connectivity index (χ0) is 15.6. The Morgan fingerprint density at radius 1 is 1.45 bits per heavy atom. The maximum Gasteiger partial charge on any atom is 0.292 e. The van der Waals surface area contributed by atoms with E-state index in [2.05, 4.69) is 4.72 Å². The Hall–Kier alpha value is -1.58. The number of nitrogens with one attached hydrogen (secondary N) is 1. The van der Waals surface area contributed by atoms with E-state index in [4.69, 9.17) is 5.11 Å². The van der Waals surface area contributed by atoms with Gasteiger partial charge in [0.25, 0.3) is 5.69 Å². The van der Waals surface area contributed by atoms with Gasteiger partial charge in [0.2, 0.25) is 10.0 Å². The first kappa shape index (κ1) is 16.5.